The number of ether oxygens (including phenoxy) is 1. The zero-order valence-corrected chi connectivity index (χ0v) is 8.32. The lowest BCUT2D eigenvalue weighted by atomic mass is 10.1. The van der Waals surface area contributed by atoms with Gasteiger partial charge in [0.1, 0.15) is 6.61 Å². The first-order valence-electron chi connectivity index (χ1n) is 4.63. The molecule has 0 aliphatic carbocycles. The molecule has 76 valence electrons. The lowest BCUT2D eigenvalue weighted by Gasteiger charge is -2.03. The van der Waals surface area contributed by atoms with Crippen LogP contribution in [0, 0.1) is 6.92 Å². The lowest BCUT2D eigenvalue weighted by molar-refractivity contribution is -0.142. The summed E-state index contributed by atoms with van der Waals surface area (Å²) in [5.41, 5.74) is 7.37. The van der Waals surface area contributed by atoms with Crippen LogP contribution in [0.25, 0.3) is 0 Å². The zero-order chi connectivity index (χ0) is 10.4. The van der Waals surface area contributed by atoms with Gasteiger partial charge in [0.2, 0.25) is 0 Å². The van der Waals surface area contributed by atoms with Gasteiger partial charge in [0.05, 0.1) is 6.42 Å². The molecule has 0 saturated carbocycles. The number of hydrogen-bond donors (Lipinski definition) is 1. The quantitative estimate of drug-likeness (QED) is 0.727. The molecule has 0 aliphatic rings. The van der Waals surface area contributed by atoms with Crippen LogP contribution >= 0.6 is 0 Å². The molecule has 0 bridgehead atoms. The Morgan fingerprint density at radius 2 is 2.00 bits per heavy atom. The van der Waals surface area contributed by atoms with Crippen LogP contribution in [-0.2, 0) is 16.0 Å². The Hall–Kier alpha value is -1.35. The van der Waals surface area contributed by atoms with E-state index in [1.54, 1.807) is 0 Å². The largest absolute Gasteiger partial charge is 0.464 e. The fraction of sp³-hybridized carbons (Fsp3) is 0.364. The van der Waals surface area contributed by atoms with Gasteiger partial charge >= 0.3 is 5.97 Å². The Bertz CT molecular complexity index is 293. The predicted molar refractivity (Wildman–Crippen MR) is 54.9 cm³/mol. The molecular formula is C11H15NO2. The third kappa shape index (κ3) is 3.58. The van der Waals surface area contributed by atoms with E-state index >= 15 is 0 Å². The third-order valence-electron chi connectivity index (χ3n) is 1.85. The van der Waals surface area contributed by atoms with Crippen molar-refractivity contribution in [1.82, 2.24) is 0 Å². The van der Waals surface area contributed by atoms with Crippen molar-refractivity contribution in [2.45, 2.75) is 13.3 Å². The number of rotatable bonds is 4. The smallest absolute Gasteiger partial charge is 0.310 e. The van der Waals surface area contributed by atoms with Gasteiger partial charge in [-0.1, -0.05) is 29.8 Å². The monoisotopic (exact) mass is 193 g/mol. The first-order valence-corrected chi connectivity index (χ1v) is 4.63. The van der Waals surface area contributed by atoms with Crippen molar-refractivity contribution in [3.8, 4) is 0 Å². The molecule has 3 nitrogen and oxygen atoms in total. The molecule has 0 heterocycles. The van der Waals surface area contributed by atoms with E-state index in [0.717, 1.165) is 5.56 Å². The van der Waals surface area contributed by atoms with Crippen molar-refractivity contribution < 1.29 is 9.53 Å². The van der Waals surface area contributed by atoms with Gasteiger partial charge in [0.25, 0.3) is 0 Å². The van der Waals surface area contributed by atoms with E-state index in [1.165, 1.54) is 5.56 Å². The van der Waals surface area contributed by atoms with Crippen LogP contribution in [-0.4, -0.2) is 19.1 Å². The van der Waals surface area contributed by atoms with E-state index < -0.39 is 0 Å². The maximum atomic E-state index is 11.2. The van der Waals surface area contributed by atoms with Gasteiger partial charge in [0, 0.05) is 6.54 Å². The highest BCUT2D eigenvalue weighted by Crippen LogP contribution is 2.04. The van der Waals surface area contributed by atoms with E-state index in [-0.39, 0.29) is 5.97 Å². The molecule has 1 rings (SSSR count). The number of nitrogens with two attached hydrogens (primary N) is 1. The van der Waals surface area contributed by atoms with Crippen LogP contribution in [0.1, 0.15) is 11.1 Å². The second-order valence-corrected chi connectivity index (χ2v) is 3.17. The number of esters is 1. The van der Waals surface area contributed by atoms with Crippen LogP contribution in [0.4, 0.5) is 0 Å². The maximum Gasteiger partial charge on any atom is 0.310 e. The van der Waals surface area contributed by atoms with E-state index in [9.17, 15) is 4.79 Å². The summed E-state index contributed by atoms with van der Waals surface area (Å²) in [5.74, 6) is -0.223. The number of carbonyl (C=O) groups is 1. The van der Waals surface area contributed by atoms with Gasteiger partial charge in [-0.25, -0.2) is 0 Å². The number of hydrogen-bond acceptors (Lipinski definition) is 3. The van der Waals surface area contributed by atoms with Gasteiger partial charge in [-0.3, -0.25) is 4.79 Å². The minimum Gasteiger partial charge on any atom is -0.464 e. The normalized spacial score (nSPS) is 9.86. The molecule has 2 N–H and O–H groups in total. The topological polar surface area (TPSA) is 52.3 Å². The van der Waals surface area contributed by atoms with E-state index in [2.05, 4.69) is 0 Å². The summed E-state index contributed by atoms with van der Waals surface area (Å²) in [7, 11) is 0. The Morgan fingerprint density at radius 3 is 2.57 bits per heavy atom. The average Bonchev–Trinajstić information content (AvgIpc) is 2.18. The molecule has 3 heteroatoms. The standard InChI is InChI=1S/C11H15NO2/c1-9-2-4-10(5-3-9)8-11(13)14-7-6-12/h2-5H,6-8,12H2,1H3. The molecule has 0 spiro atoms. The molecule has 0 amide bonds. The molecule has 1 aromatic carbocycles. The summed E-state index contributed by atoms with van der Waals surface area (Å²) >= 11 is 0. The molecule has 0 fully saturated rings. The van der Waals surface area contributed by atoms with Crippen molar-refractivity contribution >= 4 is 5.97 Å². The Kier molecular flexibility index (Phi) is 4.13. The van der Waals surface area contributed by atoms with Crippen molar-refractivity contribution in [3.63, 3.8) is 0 Å². The van der Waals surface area contributed by atoms with Gasteiger partial charge in [0.15, 0.2) is 0 Å². The second kappa shape index (κ2) is 5.40. The van der Waals surface area contributed by atoms with E-state index in [1.807, 2.05) is 31.2 Å². The minimum absolute atomic E-state index is 0.223. The summed E-state index contributed by atoms with van der Waals surface area (Å²) in [5, 5.41) is 0. The van der Waals surface area contributed by atoms with Gasteiger partial charge < -0.3 is 10.5 Å². The molecule has 0 unspecified atom stereocenters. The summed E-state index contributed by atoms with van der Waals surface area (Å²) in [6, 6.07) is 7.81. The van der Waals surface area contributed by atoms with Gasteiger partial charge in [-0.2, -0.15) is 0 Å². The average molecular weight is 193 g/mol. The van der Waals surface area contributed by atoms with Crippen LogP contribution in [0.2, 0.25) is 0 Å². The zero-order valence-electron chi connectivity index (χ0n) is 8.32. The van der Waals surface area contributed by atoms with Crippen LogP contribution < -0.4 is 5.73 Å². The SMILES string of the molecule is Cc1ccc(CC(=O)OCCN)cc1. The molecule has 0 atom stereocenters. The first-order chi connectivity index (χ1) is 6.72. The predicted octanol–water partition coefficient (Wildman–Crippen LogP) is 1.04. The fourth-order valence-electron chi connectivity index (χ4n) is 1.10. The maximum absolute atomic E-state index is 11.2. The fourth-order valence-corrected chi connectivity index (χ4v) is 1.10. The lowest BCUT2D eigenvalue weighted by Crippen LogP contribution is -2.15. The van der Waals surface area contributed by atoms with Crippen LogP contribution in [0.5, 0.6) is 0 Å². The third-order valence-corrected chi connectivity index (χ3v) is 1.85. The van der Waals surface area contributed by atoms with Crippen molar-refractivity contribution in [1.29, 1.82) is 0 Å². The van der Waals surface area contributed by atoms with Crippen LogP contribution in [0.15, 0.2) is 24.3 Å². The minimum atomic E-state index is -0.223. The van der Waals surface area contributed by atoms with E-state index in [0.29, 0.717) is 19.6 Å². The Labute approximate surface area is 83.9 Å². The molecule has 0 aliphatic heterocycles. The Morgan fingerprint density at radius 1 is 1.36 bits per heavy atom. The summed E-state index contributed by atoms with van der Waals surface area (Å²) in [4.78, 5) is 11.2. The number of benzene rings is 1. The molecule has 0 saturated heterocycles. The molecule has 0 aromatic heterocycles. The summed E-state index contributed by atoms with van der Waals surface area (Å²) in [6.07, 6.45) is 0.320. The highest BCUT2D eigenvalue weighted by Gasteiger charge is 2.03. The highest BCUT2D eigenvalue weighted by atomic mass is 16.5. The van der Waals surface area contributed by atoms with Crippen molar-refractivity contribution in [3.05, 3.63) is 35.4 Å². The first kappa shape index (κ1) is 10.7. The molecule has 0 radical (unpaired) electrons. The number of aryl methyl sites for hydroxylation is 1. The Balaban J connectivity index is 2.44. The van der Waals surface area contributed by atoms with Crippen molar-refractivity contribution in [2.24, 2.45) is 5.73 Å². The van der Waals surface area contributed by atoms with Gasteiger partial charge in [-0.05, 0) is 12.5 Å². The summed E-state index contributed by atoms with van der Waals surface area (Å²) in [6.45, 7) is 2.68. The highest BCUT2D eigenvalue weighted by molar-refractivity contribution is 5.72. The van der Waals surface area contributed by atoms with Crippen LogP contribution in [0.3, 0.4) is 0 Å². The van der Waals surface area contributed by atoms with E-state index in [4.69, 9.17) is 10.5 Å². The molecule has 14 heavy (non-hydrogen) atoms. The van der Waals surface area contributed by atoms with Crippen molar-refractivity contribution in [2.75, 3.05) is 13.2 Å². The molecule has 1 aromatic rings. The summed E-state index contributed by atoms with van der Waals surface area (Å²) < 4.78 is 4.86. The number of carbonyl (C=O) groups excluding carboxylic acids is 1. The van der Waals surface area contributed by atoms with Gasteiger partial charge in [-0.15, -0.1) is 0 Å². The molecular weight excluding hydrogens is 178 g/mol. The second-order valence-electron chi connectivity index (χ2n) is 3.17.